The number of likely N-dealkylation sites (N-methyl/N-ethyl adjacent to an activating group) is 1. The number of hydrogen-bond donors (Lipinski definition) is 5. The Labute approximate surface area is 451 Å². The van der Waals surface area contributed by atoms with Crippen LogP contribution in [0.1, 0.15) is 163 Å². The number of aliphatic carboxylic acids is 1. The number of rotatable bonds is 25. The van der Waals surface area contributed by atoms with Gasteiger partial charge in [0.1, 0.15) is 17.9 Å². The number of allylic oxidation sites excluding steroid dienone is 4. The van der Waals surface area contributed by atoms with Crippen LogP contribution in [-0.4, -0.2) is 125 Å². The van der Waals surface area contributed by atoms with Crippen LogP contribution < -0.4 is 15.4 Å². The quantitative estimate of drug-likeness (QED) is 0.0464. The van der Waals surface area contributed by atoms with Gasteiger partial charge in [-0.3, -0.25) is 14.4 Å². The Morgan fingerprint density at radius 3 is 2.32 bits per heavy atom. The molecule has 0 saturated heterocycles. The van der Waals surface area contributed by atoms with Crippen LogP contribution in [0.3, 0.4) is 0 Å². The fraction of sp³-hybridized carbons (Fsp3) is 0.733. The number of aliphatic hydroxyl groups excluding tert-OH is 2. The Bertz CT molecular complexity index is 2480. The zero-order chi connectivity index (χ0) is 54.4. The van der Waals surface area contributed by atoms with Gasteiger partial charge in [-0.25, -0.2) is 9.78 Å². The minimum absolute atomic E-state index is 0.0606. The van der Waals surface area contributed by atoms with Crippen LogP contribution in [0.15, 0.2) is 40.5 Å². The Balaban J connectivity index is 0.811. The first-order valence-electron chi connectivity index (χ1n) is 28.6. The van der Waals surface area contributed by atoms with E-state index in [9.17, 15) is 39.8 Å². The molecule has 2 aromatic rings. The largest absolute Gasteiger partial charge is 0.480 e. The van der Waals surface area contributed by atoms with Crippen molar-refractivity contribution < 1.29 is 39.2 Å². The molecule has 414 valence electrons. The Hall–Kier alpha value is -4.04. The number of nitrogens with one attached hydrogen (secondary N) is 2. The number of aliphatic hydroxyl groups is 2. The summed E-state index contributed by atoms with van der Waals surface area (Å²) in [6, 6.07) is 6.68. The summed E-state index contributed by atoms with van der Waals surface area (Å²) in [5.41, 5.74) is 2.74. The number of carbonyl (C=O) groups excluding carboxylic acids is 3. The predicted molar refractivity (Wildman–Crippen MR) is 295 cm³/mol. The molecule has 1 aromatic carbocycles. The Kier molecular flexibility index (Phi) is 19.7. The van der Waals surface area contributed by atoms with Crippen molar-refractivity contribution in [3.8, 4) is 11.8 Å². The topological polar surface area (TPSA) is 205 Å². The highest BCUT2D eigenvalue weighted by Gasteiger charge is 2.63. The second-order valence-electron chi connectivity index (χ2n) is 24.8. The molecule has 0 aliphatic heterocycles. The summed E-state index contributed by atoms with van der Waals surface area (Å²) >= 11 is 1.25. The minimum Gasteiger partial charge on any atom is -0.480 e. The summed E-state index contributed by atoms with van der Waals surface area (Å²) in [4.78, 5) is 60.5. The molecule has 1 heterocycles. The number of aromatic nitrogens is 1. The van der Waals surface area contributed by atoms with Gasteiger partial charge in [0.2, 0.25) is 0 Å². The SMILES string of the molecule is CC1=C(C)C(=O)C(C(C)(C)CCN(C)CCN(CCCCNCCCCC(NCCC[C@@H](C)[C@H]2CC[C@H]3[C@@H]4[C@@H](O)C[C@@H]5C[C@H](O)CC[C@]5(C)[C@H]4CC[C@]23C)C(=O)O)C(=O)Oc2ccc3nc(C#N)sc3c2)=C(C)C1=O. The van der Waals surface area contributed by atoms with Crippen LogP contribution >= 0.6 is 11.3 Å². The molecule has 5 N–H and O–H groups in total. The molecule has 1 unspecified atom stereocenters. The van der Waals surface area contributed by atoms with Crippen molar-refractivity contribution >= 4 is 45.2 Å². The van der Waals surface area contributed by atoms with Crippen LogP contribution in [-0.2, 0) is 14.4 Å². The molecular formula is C60H90N6O8S. The van der Waals surface area contributed by atoms with E-state index in [4.69, 9.17) is 4.74 Å². The van der Waals surface area contributed by atoms with E-state index in [0.717, 1.165) is 82.0 Å². The number of carboxylic acid groups (broad SMARTS) is 1. The Morgan fingerprint density at radius 2 is 1.59 bits per heavy atom. The van der Waals surface area contributed by atoms with Crippen molar-refractivity contribution in [1.29, 1.82) is 5.26 Å². The molecule has 5 aliphatic carbocycles. The van der Waals surface area contributed by atoms with E-state index in [0.29, 0.717) is 120 Å². The second kappa shape index (κ2) is 25.2. The Morgan fingerprint density at radius 1 is 0.880 bits per heavy atom. The molecule has 11 atom stereocenters. The van der Waals surface area contributed by atoms with Crippen molar-refractivity contribution in [2.24, 2.45) is 51.8 Å². The number of unbranched alkanes of at least 4 members (excludes halogenated alkanes) is 2. The van der Waals surface area contributed by atoms with Crippen molar-refractivity contribution in [2.45, 2.75) is 176 Å². The fourth-order valence-electron chi connectivity index (χ4n) is 15.0. The number of nitriles is 1. The van der Waals surface area contributed by atoms with Gasteiger partial charge in [0.15, 0.2) is 16.6 Å². The van der Waals surface area contributed by atoms with Gasteiger partial charge in [-0.1, -0.05) is 41.0 Å². The number of fused-ring (bicyclic) bond motifs is 6. The zero-order valence-corrected chi connectivity index (χ0v) is 47.6. The number of ether oxygens (including phenoxy) is 1. The van der Waals surface area contributed by atoms with Crippen LogP contribution in [0.2, 0.25) is 0 Å². The first-order chi connectivity index (χ1) is 35.6. The normalized spacial score (nSPS) is 28.8. The maximum absolute atomic E-state index is 13.7. The zero-order valence-electron chi connectivity index (χ0n) is 46.8. The molecule has 1 amide bonds. The number of nitrogens with zero attached hydrogens (tertiary/aromatic N) is 4. The number of thiazole rings is 1. The highest BCUT2D eigenvalue weighted by atomic mass is 32.1. The number of carboxylic acids is 1. The lowest BCUT2D eigenvalue weighted by Crippen LogP contribution is -2.58. The van der Waals surface area contributed by atoms with Crippen LogP contribution in [0.5, 0.6) is 5.75 Å². The molecule has 5 aliphatic rings. The van der Waals surface area contributed by atoms with E-state index in [1.807, 2.05) is 20.9 Å². The van der Waals surface area contributed by atoms with E-state index >= 15 is 0 Å². The van der Waals surface area contributed by atoms with Gasteiger partial charge in [-0.05, 0) is 214 Å². The average molecular weight is 1060 g/mol. The van der Waals surface area contributed by atoms with E-state index in [1.165, 1.54) is 37.0 Å². The van der Waals surface area contributed by atoms with Gasteiger partial charge < -0.3 is 40.5 Å². The van der Waals surface area contributed by atoms with Gasteiger partial charge in [-0.2, -0.15) is 5.26 Å². The number of carbonyl (C=O) groups is 4. The molecule has 4 saturated carbocycles. The van der Waals surface area contributed by atoms with Crippen LogP contribution in [0.4, 0.5) is 4.79 Å². The maximum Gasteiger partial charge on any atom is 0.415 e. The molecule has 75 heavy (non-hydrogen) atoms. The van der Waals surface area contributed by atoms with Gasteiger partial charge in [0, 0.05) is 48.0 Å². The first-order valence-corrected chi connectivity index (χ1v) is 29.4. The lowest BCUT2D eigenvalue weighted by atomic mass is 9.43. The van der Waals surface area contributed by atoms with E-state index in [2.05, 4.69) is 47.4 Å². The second-order valence-corrected chi connectivity index (χ2v) is 25.9. The summed E-state index contributed by atoms with van der Waals surface area (Å²) in [6.45, 7) is 21.0. The summed E-state index contributed by atoms with van der Waals surface area (Å²) < 4.78 is 6.65. The minimum atomic E-state index is -0.798. The first kappa shape index (κ1) is 58.6. The molecule has 14 nitrogen and oxygen atoms in total. The lowest BCUT2D eigenvalue weighted by Gasteiger charge is -2.62. The molecule has 0 spiro atoms. The van der Waals surface area contributed by atoms with Gasteiger partial charge >= 0.3 is 12.1 Å². The fourth-order valence-corrected chi connectivity index (χ4v) is 15.8. The van der Waals surface area contributed by atoms with Crippen molar-refractivity contribution in [1.82, 2.24) is 25.4 Å². The van der Waals surface area contributed by atoms with E-state index < -0.39 is 23.5 Å². The van der Waals surface area contributed by atoms with Crippen LogP contribution in [0.25, 0.3) is 10.2 Å². The van der Waals surface area contributed by atoms with Crippen LogP contribution in [0, 0.1) is 63.1 Å². The monoisotopic (exact) mass is 1050 g/mol. The highest BCUT2D eigenvalue weighted by molar-refractivity contribution is 7.19. The van der Waals surface area contributed by atoms with Crippen molar-refractivity contribution in [2.75, 3.05) is 52.9 Å². The molecule has 0 radical (unpaired) electrons. The standard InChI is InChI=1S/C60H90N6O8S/c1-37(44-18-19-45-52-46(22-24-60(44,45)8)59(7)23-21-42(67)33-41(59)34-49(52)68)15-14-28-63-48(56(71)72)16-10-11-26-62-27-12-13-29-66(57(73)74-43-17-20-47-50(35-43)75-51(36-61)64-47)32-31-65(9)30-25-58(5,6)53-40(4)54(69)38(2)39(3)55(53)70/h17,20,35,37,41-42,44-46,48-49,52,62-63,67-68H,10-16,18-19,21-34H2,1-9H3,(H,71,72)/t37-,41+,42-,44-,45+,46+,48?,49+,52+,59+,60-/m1/s1. The number of amides is 1. The average Bonchev–Trinajstić information content (AvgIpc) is 3.96. The third-order valence-electron chi connectivity index (χ3n) is 19.7. The molecule has 15 heteroatoms. The summed E-state index contributed by atoms with van der Waals surface area (Å²) in [5.74, 6) is 2.52. The van der Waals surface area contributed by atoms with Gasteiger partial charge in [0.25, 0.3) is 0 Å². The van der Waals surface area contributed by atoms with E-state index in [1.54, 1.807) is 43.9 Å². The molecule has 1 aromatic heterocycles. The predicted octanol–water partition coefficient (Wildman–Crippen LogP) is 10.1. The lowest BCUT2D eigenvalue weighted by molar-refractivity contribution is -0.174. The van der Waals surface area contributed by atoms with E-state index in [-0.39, 0.29) is 34.6 Å². The summed E-state index contributed by atoms with van der Waals surface area (Å²) in [7, 11) is 1.99. The van der Waals surface area contributed by atoms with Gasteiger partial charge in [0.05, 0.1) is 22.4 Å². The van der Waals surface area contributed by atoms with Crippen molar-refractivity contribution in [3.63, 3.8) is 0 Å². The summed E-state index contributed by atoms with van der Waals surface area (Å²) in [6.07, 6.45) is 14.0. The molecular weight excluding hydrogens is 965 g/mol. The molecule has 4 fully saturated rings. The van der Waals surface area contributed by atoms with Crippen molar-refractivity contribution in [3.05, 3.63) is 45.5 Å². The smallest absolute Gasteiger partial charge is 0.415 e. The number of ketones is 2. The highest BCUT2D eigenvalue weighted by Crippen LogP contribution is 2.68. The number of benzene rings is 1. The molecule has 0 bridgehead atoms. The maximum atomic E-state index is 13.7. The third-order valence-corrected chi connectivity index (χ3v) is 20.6. The van der Waals surface area contributed by atoms with Gasteiger partial charge in [-0.15, -0.1) is 11.3 Å². The number of Topliss-reactive ketones (excluding diaryl/α,β-unsaturated/α-hetero) is 2. The molecule has 7 rings (SSSR count). The third kappa shape index (κ3) is 13.3. The number of hydrogen-bond acceptors (Lipinski definition) is 13. The summed E-state index contributed by atoms with van der Waals surface area (Å²) in [5, 5.41) is 48.8.